The number of rotatable bonds is 4. The molecule has 1 aliphatic carbocycles. The Morgan fingerprint density at radius 3 is 2.64 bits per heavy atom. The number of piperidine rings is 1. The molecule has 0 radical (unpaired) electrons. The van der Waals surface area contributed by atoms with E-state index in [0.717, 1.165) is 16.8 Å². The van der Waals surface area contributed by atoms with Gasteiger partial charge in [-0.15, -0.1) is 5.10 Å². The molecule has 0 unspecified atom stereocenters. The van der Waals surface area contributed by atoms with E-state index >= 15 is 0 Å². The Bertz CT molecular complexity index is 1380. The third-order valence-electron chi connectivity index (χ3n) is 6.31. The summed E-state index contributed by atoms with van der Waals surface area (Å²) in [6.07, 6.45) is 5.29. The number of carbonyl (C=O) groups is 1. The van der Waals surface area contributed by atoms with Crippen LogP contribution in [0.1, 0.15) is 17.7 Å². The Labute approximate surface area is 189 Å². The number of methoxy groups -OCH3 is 1. The third-order valence-corrected chi connectivity index (χ3v) is 8.20. The van der Waals surface area contributed by atoms with Crippen molar-refractivity contribution >= 4 is 22.1 Å². The van der Waals surface area contributed by atoms with Crippen LogP contribution in [0.25, 0.3) is 11.8 Å². The van der Waals surface area contributed by atoms with Crippen LogP contribution in [0.4, 0.5) is 4.39 Å². The van der Waals surface area contributed by atoms with Crippen LogP contribution < -0.4 is 0 Å². The average molecular weight is 473 g/mol. The lowest BCUT2D eigenvalue weighted by molar-refractivity contribution is -0.151. The summed E-state index contributed by atoms with van der Waals surface area (Å²) in [5, 5.41) is 11.8. The first kappa shape index (κ1) is 21.5. The molecule has 172 valence electrons. The zero-order valence-electron chi connectivity index (χ0n) is 18.0. The van der Waals surface area contributed by atoms with Crippen LogP contribution in [0, 0.1) is 11.2 Å². The molecule has 0 spiro atoms. The number of nitrogens with zero attached hydrogens (tertiary/aromatic N) is 6. The van der Waals surface area contributed by atoms with Crippen LogP contribution in [-0.4, -0.2) is 63.7 Å². The lowest BCUT2D eigenvalue weighted by Gasteiger charge is -2.43. The van der Waals surface area contributed by atoms with Gasteiger partial charge in [-0.2, -0.15) is 9.40 Å². The number of carbonyl (C=O) groups excluding carboxylic acids is 1. The van der Waals surface area contributed by atoms with Crippen molar-refractivity contribution in [3.63, 3.8) is 0 Å². The first-order valence-corrected chi connectivity index (χ1v) is 11.7. The van der Waals surface area contributed by atoms with Gasteiger partial charge < -0.3 is 4.74 Å². The number of aryl methyl sites for hydroxylation is 1. The van der Waals surface area contributed by atoms with Gasteiger partial charge in [0, 0.05) is 20.1 Å². The molecule has 33 heavy (non-hydrogen) atoms. The number of halogens is 1. The van der Waals surface area contributed by atoms with Crippen molar-refractivity contribution in [2.45, 2.75) is 17.9 Å². The maximum atomic E-state index is 13.4. The molecule has 3 aromatic rings. The van der Waals surface area contributed by atoms with Gasteiger partial charge in [-0.1, -0.05) is 5.21 Å². The number of aromatic nitrogens is 5. The molecule has 1 saturated heterocycles. The molecule has 1 atom stereocenters. The molecule has 1 fully saturated rings. The zero-order chi connectivity index (χ0) is 23.4. The van der Waals surface area contributed by atoms with Gasteiger partial charge in [-0.3, -0.25) is 4.79 Å². The van der Waals surface area contributed by atoms with E-state index < -0.39 is 21.4 Å². The maximum Gasteiger partial charge on any atom is 0.317 e. The maximum absolute atomic E-state index is 13.4. The molecule has 10 nitrogen and oxygen atoms in total. The normalized spacial score (nSPS) is 20.6. The second-order valence-corrected chi connectivity index (χ2v) is 10.0. The molecule has 2 aromatic heterocycles. The number of benzene rings is 1. The molecule has 0 amide bonds. The van der Waals surface area contributed by atoms with Gasteiger partial charge in [0.2, 0.25) is 0 Å². The molecule has 1 aliphatic heterocycles. The van der Waals surface area contributed by atoms with Crippen LogP contribution >= 0.6 is 0 Å². The zero-order valence-corrected chi connectivity index (χ0v) is 18.8. The van der Waals surface area contributed by atoms with Crippen molar-refractivity contribution in [1.29, 1.82) is 0 Å². The van der Waals surface area contributed by atoms with E-state index in [1.807, 2.05) is 6.08 Å². The molecule has 0 saturated carbocycles. The highest BCUT2D eigenvalue weighted by molar-refractivity contribution is 7.89. The van der Waals surface area contributed by atoms with Gasteiger partial charge in [0.15, 0.2) is 5.03 Å². The molecular formula is C21H21FN6O4S. The van der Waals surface area contributed by atoms with E-state index in [1.165, 1.54) is 41.5 Å². The fourth-order valence-electron chi connectivity index (χ4n) is 4.62. The number of esters is 1. The fourth-order valence-corrected chi connectivity index (χ4v) is 6.16. The molecular weight excluding hydrogens is 451 g/mol. The monoisotopic (exact) mass is 472 g/mol. The van der Waals surface area contributed by atoms with E-state index in [4.69, 9.17) is 4.74 Å². The van der Waals surface area contributed by atoms with Gasteiger partial charge in [-0.05, 0) is 54.3 Å². The van der Waals surface area contributed by atoms with Crippen LogP contribution in [0.15, 0.2) is 47.3 Å². The Kier molecular flexibility index (Phi) is 4.94. The van der Waals surface area contributed by atoms with Crippen molar-refractivity contribution in [3.8, 4) is 5.69 Å². The smallest absolute Gasteiger partial charge is 0.317 e. The van der Waals surface area contributed by atoms with Crippen molar-refractivity contribution in [2.75, 3.05) is 20.2 Å². The Morgan fingerprint density at radius 1 is 1.21 bits per heavy atom. The van der Waals surface area contributed by atoms with E-state index in [1.54, 1.807) is 23.0 Å². The van der Waals surface area contributed by atoms with E-state index in [-0.39, 0.29) is 30.4 Å². The van der Waals surface area contributed by atoms with E-state index in [2.05, 4.69) is 15.4 Å². The minimum atomic E-state index is -3.92. The summed E-state index contributed by atoms with van der Waals surface area (Å²) in [6.45, 7) is 0.123. The molecule has 0 N–H and O–H groups in total. The molecule has 3 heterocycles. The summed E-state index contributed by atoms with van der Waals surface area (Å²) in [6, 6.07) is 5.96. The Hall–Kier alpha value is -3.38. The Balaban J connectivity index is 1.56. The van der Waals surface area contributed by atoms with Gasteiger partial charge >= 0.3 is 5.97 Å². The highest BCUT2D eigenvalue weighted by Gasteiger charge is 2.52. The average Bonchev–Trinajstić information content (AvgIpc) is 3.43. The number of sulfonamides is 1. The first-order chi connectivity index (χ1) is 15.8. The summed E-state index contributed by atoms with van der Waals surface area (Å²) in [5.74, 6) is -0.850. The molecule has 2 aliphatic rings. The van der Waals surface area contributed by atoms with E-state index in [9.17, 15) is 17.6 Å². The van der Waals surface area contributed by atoms with Crippen LogP contribution in [0.3, 0.4) is 0 Å². The van der Waals surface area contributed by atoms with Crippen molar-refractivity contribution in [3.05, 3.63) is 59.3 Å². The van der Waals surface area contributed by atoms with E-state index in [0.29, 0.717) is 12.1 Å². The second kappa shape index (κ2) is 7.59. The second-order valence-electron chi connectivity index (χ2n) is 8.15. The predicted octanol–water partition coefficient (Wildman–Crippen LogP) is 1.33. The highest BCUT2D eigenvalue weighted by atomic mass is 32.2. The quantitative estimate of drug-likeness (QED) is 0.527. The summed E-state index contributed by atoms with van der Waals surface area (Å²) < 4.78 is 49.2. The number of ether oxygens (including phenoxy) is 1. The first-order valence-electron chi connectivity index (χ1n) is 10.2. The van der Waals surface area contributed by atoms with Crippen LogP contribution in [0.2, 0.25) is 0 Å². The lowest BCUT2D eigenvalue weighted by Crippen LogP contribution is -2.53. The van der Waals surface area contributed by atoms with Crippen molar-refractivity contribution in [2.24, 2.45) is 12.5 Å². The molecule has 12 heteroatoms. The third kappa shape index (κ3) is 3.28. The minimum Gasteiger partial charge on any atom is -0.468 e. The lowest BCUT2D eigenvalue weighted by atomic mass is 9.69. The van der Waals surface area contributed by atoms with Gasteiger partial charge in [0.25, 0.3) is 10.0 Å². The van der Waals surface area contributed by atoms with Crippen molar-refractivity contribution < 1.29 is 22.3 Å². The van der Waals surface area contributed by atoms with Gasteiger partial charge in [0.05, 0.1) is 30.9 Å². The number of hydrogen-bond donors (Lipinski definition) is 0. The summed E-state index contributed by atoms with van der Waals surface area (Å²) in [4.78, 5) is 13.1. The van der Waals surface area contributed by atoms with Crippen molar-refractivity contribution in [1.82, 2.24) is 29.1 Å². The summed E-state index contributed by atoms with van der Waals surface area (Å²) in [7, 11) is -1.12. The Morgan fingerprint density at radius 2 is 1.97 bits per heavy atom. The molecule has 5 rings (SSSR count). The standard InChI is InChI=1S/C21H21FN6O4S/c1-26-19(12-23-25-26)33(30,31)27-8-7-15-9-18-14(10-21(15,13-27)20(29)32-2)11-24-28(18)17-5-3-16(22)4-6-17/h3-6,9,11-12H,7-8,10,13H2,1-2H3/t21-/m0/s1. The molecule has 1 aromatic carbocycles. The van der Waals surface area contributed by atoms with Crippen LogP contribution in [0.5, 0.6) is 0 Å². The molecule has 0 bridgehead atoms. The number of fused-ring (bicyclic) bond motifs is 2. The summed E-state index contributed by atoms with van der Waals surface area (Å²) in [5.41, 5.74) is 1.85. The van der Waals surface area contributed by atoms with Gasteiger partial charge in [0.1, 0.15) is 11.2 Å². The number of hydrogen-bond acceptors (Lipinski definition) is 7. The summed E-state index contributed by atoms with van der Waals surface area (Å²) >= 11 is 0. The predicted molar refractivity (Wildman–Crippen MR) is 114 cm³/mol. The SMILES string of the molecule is COC(=O)[C@]12Cc3cnn(-c4ccc(F)cc4)c3C=C1CCN(S(=O)(=O)c1cnnn1C)C2. The minimum absolute atomic E-state index is 0.0458. The van der Waals surface area contributed by atoms with Crippen LogP contribution in [-0.2, 0) is 33.0 Å². The fraction of sp³-hybridized carbons (Fsp3) is 0.333. The largest absolute Gasteiger partial charge is 0.468 e. The topological polar surface area (TPSA) is 112 Å². The van der Waals surface area contributed by atoms with Gasteiger partial charge in [-0.25, -0.2) is 22.2 Å². The highest BCUT2D eigenvalue weighted by Crippen LogP contribution is 2.46.